The van der Waals surface area contributed by atoms with Gasteiger partial charge in [-0.25, -0.2) is 0 Å². The Bertz CT molecular complexity index is 981. The number of furan rings is 1. The Morgan fingerprint density at radius 2 is 1.55 bits per heavy atom. The van der Waals surface area contributed by atoms with Crippen LogP contribution in [0.25, 0.3) is 0 Å². The first kappa shape index (κ1) is 22.0. The lowest BCUT2D eigenvalue weighted by molar-refractivity contribution is 0.0829. The summed E-state index contributed by atoms with van der Waals surface area (Å²) in [6, 6.07) is 17.6. The van der Waals surface area contributed by atoms with Crippen molar-refractivity contribution in [3.05, 3.63) is 83.8 Å². The molecule has 0 saturated heterocycles. The summed E-state index contributed by atoms with van der Waals surface area (Å²) in [5.74, 6) is 0.993. The van der Waals surface area contributed by atoms with Crippen molar-refractivity contribution < 1.29 is 23.5 Å². The van der Waals surface area contributed by atoms with Gasteiger partial charge >= 0.3 is 5.91 Å². The highest BCUT2D eigenvalue weighted by molar-refractivity contribution is 5.98. The van der Waals surface area contributed by atoms with Crippen LogP contribution in [0.15, 0.2) is 71.3 Å². The fourth-order valence-electron chi connectivity index (χ4n) is 2.68. The topological polar surface area (TPSA) is 89.8 Å². The smallest absolute Gasteiger partial charge is 0.305 e. The van der Waals surface area contributed by atoms with Crippen molar-refractivity contribution in [3.8, 4) is 11.5 Å². The van der Waals surface area contributed by atoms with Gasteiger partial charge in [0.25, 0.3) is 5.91 Å². The van der Waals surface area contributed by atoms with Crippen LogP contribution in [-0.2, 0) is 6.61 Å². The first-order valence-corrected chi connectivity index (χ1v) is 10.1. The van der Waals surface area contributed by atoms with Gasteiger partial charge in [-0.3, -0.25) is 20.4 Å². The maximum atomic E-state index is 12.4. The molecule has 2 N–H and O–H groups in total. The van der Waals surface area contributed by atoms with Crippen LogP contribution in [0.5, 0.6) is 11.5 Å². The molecule has 0 bridgehead atoms. The second-order valence-electron chi connectivity index (χ2n) is 7.34. The van der Waals surface area contributed by atoms with E-state index < -0.39 is 11.8 Å². The molecule has 3 rings (SSSR count). The summed E-state index contributed by atoms with van der Waals surface area (Å²) in [5, 5.41) is 0. The highest BCUT2D eigenvalue weighted by Crippen LogP contribution is 2.16. The molecule has 0 aliphatic carbocycles. The van der Waals surface area contributed by atoms with Gasteiger partial charge < -0.3 is 13.9 Å². The summed E-state index contributed by atoms with van der Waals surface area (Å²) in [4.78, 5) is 24.7. The van der Waals surface area contributed by atoms with Crippen LogP contribution in [0, 0.1) is 5.92 Å². The van der Waals surface area contributed by atoms with Crippen LogP contribution < -0.4 is 20.3 Å². The van der Waals surface area contributed by atoms with E-state index in [0.29, 0.717) is 35.2 Å². The molecule has 31 heavy (non-hydrogen) atoms. The second kappa shape index (κ2) is 10.9. The third-order valence-electron chi connectivity index (χ3n) is 4.46. The molecule has 1 aromatic heterocycles. The van der Waals surface area contributed by atoms with Crippen molar-refractivity contribution in [3.63, 3.8) is 0 Å². The Morgan fingerprint density at radius 3 is 2.26 bits per heavy atom. The Labute approximate surface area is 181 Å². The molecule has 2 aromatic carbocycles. The highest BCUT2D eigenvalue weighted by atomic mass is 16.5. The van der Waals surface area contributed by atoms with Gasteiger partial charge in [0, 0.05) is 11.1 Å². The van der Waals surface area contributed by atoms with Crippen molar-refractivity contribution in [2.24, 2.45) is 5.92 Å². The molecule has 162 valence electrons. The molecule has 7 nitrogen and oxygen atoms in total. The lowest BCUT2D eigenvalue weighted by Crippen LogP contribution is -2.41. The molecule has 7 heteroatoms. The van der Waals surface area contributed by atoms with Crippen LogP contribution in [-0.4, -0.2) is 18.4 Å². The van der Waals surface area contributed by atoms with Crippen LogP contribution in [0.3, 0.4) is 0 Å². The van der Waals surface area contributed by atoms with Crippen molar-refractivity contribution in [1.82, 2.24) is 10.9 Å². The van der Waals surface area contributed by atoms with Gasteiger partial charge in [-0.15, -0.1) is 0 Å². The van der Waals surface area contributed by atoms with E-state index in [0.717, 1.165) is 6.42 Å². The summed E-state index contributed by atoms with van der Waals surface area (Å²) < 4.78 is 16.6. The Kier molecular flexibility index (Phi) is 7.70. The maximum absolute atomic E-state index is 12.4. The van der Waals surface area contributed by atoms with E-state index in [2.05, 4.69) is 24.7 Å². The molecular weight excluding hydrogens is 396 g/mol. The number of nitrogens with one attached hydrogen (secondary N) is 2. The summed E-state index contributed by atoms with van der Waals surface area (Å²) in [6.45, 7) is 5.05. The summed E-state index contributed by atoms with van der Waals surface area (Å²) >= 11 is 0. The van der Waals surface area contributed by atoms with E-state index >= 15 is 0 Å². The number of hydrazine groups is 1. The first-order valence-electron chi connectivity index (χ1n) is 10.1. The lowest BCUT2D eigenvalue weighted by atomic mass is 10.1. The number of para-hydroxylation sites is 1. The SMILES string of the molecule is CC(C)CCOc1ccc(C(=O)NNC(=O)c2occc2COc2ccccc2)cc1. The molecule has 1 heterocycles. The molecule has 0 atom stereocenters. The standard InChI is InChI=1S/C24H26N2O5/c1-17(2)12-14-29-21-10-8-18(9-11-21)23(27)25-26-24(28)22-19(13-15-30-22)16-31-20-6-4-3-5-7-20/h3-11,13,15,17H,12,14,16H2,1-2H3,(H,25,27)(H,26,28). The number of carbonyl (C=O) groups is 2. The third kappa shape index (κ3) is 6.64. The molecule has 0 aliphatic heterocycles. The van der Waals surface area contributed by atoms with Gasteiger partial charge in [0.2, 0.25) is 0 Å². The monoisotopic (exact) mass is 422 g/mol. The number of rotatable bonds is 9. The highest BCUT2D eigenvalue weighted by Gasteiger charge is 2.17. The minimum Gasteiger partial charge on any atom is -0.494 e. The molecule has 0 spiro atoms. The number of carbonyl (C=O) groups excluding carboxylic acids is 2. The average Bonchev–Trinajstić information content (AvgIpc) is 3.25. The molecule has 0 fully saturated rings. The maximum Gasteiger partial charge on any atom is 0.305 e. The van der Waals surface area contributed by atoms with E-state index in [1.165, 1.54) is 6.26 Å². The molecule has 0 unspecified atom stereocenters. The Balaban J connectivity index is 1.49. The number of ether oxygens (including phenoxy) is 2. The van der Waals surface area contributed by atoms with Gasteiger partial charge in [0.05, 0.1) is 12.9 Å². The molecule has 2 amide bonds. The van der Waals surface area contributed by atoms with Crippen molar-refractivity contribution >= 4 is 11.8 Å². The van der Waals surface area contributed by atoms with E-state index in [9.17, 15) is 9.59 Å². The summed E-state index contributed by atoms with van der Waals surface area (Å²) in [6.07, 6.45) is 2.36. The Hall–Kier alpha value is -3.74. The van der Waals surface area contributed by atoms with Gasteiger partial charge in [0.1, 0.15) is 18.1 Å². The zero-order chi connectivity index (χ0) is 22.1. The number of amides is 2. The minimum atomic E-state index is -0.571. The van der Waals surface area contributed by atoms with Crippen LogP contribution >= 0.6 is 0 Å². The van der Waals surface area contributed by atoms with Crippen LogP contribution in [0.1, 0.15) is 46.7 Å². The van der Waals surface area contributed by atoms with E-state index in [1.54, 1.807) is 30.3 Å². The van der Waals surface area contributed by atoms with E-state index in [4.69, 9.17) is 13.9 Å². The van der Waals surface area contributed by atoms with Gasteiger partial charge in [-0.05, 0) is 54.8 Å². The fraction of sp³-hybridized carbons (Fsp3) is 0.250. The molecule has 3 aromatic rings. The van der Waals surface area contributed by atoms with Crippen molar-refractivity contribution in [2.45, 2.75) is 26.9 Å². The van der Waals surface area contributed by atoms with Gasteiger partial charge in [-0.1, -0.05) is 32.0 Å². The lowest BCUT2D eigenvalue weighted by Gasteiger charge is -2.10. The molecule has 0 saturated carbocycles. The Morgan fingerprint density at radius 1 is 0.871 bits per heavy atom. The largest absolute Gasteiger partial charge is 0.494 e. The quantitative estimate of drug-likeness (QED) is 0.500. The summed E-state index contributed by atoms with van der Waals surface area (Å²) in [7, 11) is 0. The number of hydrogen-bond donors (Lipinski definition) is 2. The number of benzene rings is 2. The normalized spacial score (nSPS) is 10.5. The van der Waals surface area contributed by atoms with Crippen molar-refractivity contribution in [2.75, 3.05) is 6.61 Å². The third-order valence-corrected chi connectivity index (χ3v) is 4.46. The van der Waals surface area contributed by atoms with Crippen molar-refractivity contribution in [1.29, 1.82) is 0 Å². The van der Waals surface area contributed by atoms with Gasteiger partial charge in [0.15, 0.2) is 5.76 Å². The van der Waals surface area contributed by atoms with E-state index in [1.807, 2.05) is 30.3 Å². The van der Waals surface area contributed by atoms with Crippen LogP contribution in [0.2, 0.25) is 0 Å². The minimum absolute atomic E-state index is 0.0742. The van der Waals surface area contributed by atoms with Gasteiger partial charge in [-0.2, -0.15) is 0 Å². The van der Waals surface area contributed by atoms with Crippen LogP contribution in [0.4, 0.5) is 0 Å². The number of hydrogen-bond acceptors (Lipinski definition) is 5. The predicted molar refractivity (Wildman–Crippen MR) is 116 cm³/mol. The zero-order valence-corrected chi connectivity index (χ0v) is 17.6. The second-order valence-corrected chi connectivity index (χ2v) is 7.34. The predicted octanol–water partition coefficient (Wildman–Crippen LogP) is 4.36. The molecule has 0 aliphatic rings. The average molecular weight is 422 g/mol. The van der Waals surface area contributed by atoms with E-state index in [-0.39, 0.29) is 12.4 Å². The summed E-state index contributed by atoms with van der Waals surface area (Å²) in [5.41, 5.74) is 5.71. The molecular formula is C24H26N2O5. The first-order chi connectivity index (χ1) is 15.0. The zero-order valence-electron chi connectivity index (χ0n) is 17.6. The molecule has 0 radical (unpaired) electrons. The fourth-order valence-corrected chi connectivity index (χ4v) is 2.68.